The van der Waals surface area contributed by atoms with Gasteiger partial charge in [-0.3, -0.25) is 0 Å². The molecular formula is C50H52N2+2. The van der Waals surface area contributed by atoms with Gasteiger partial charge in [-0.25, -0.2) is 0 Å². The van der Waals surface area contributed by atoms with E-state index in [0.29, 0.717) is 0 Å². The lowest BCUT2D eigenvalue weighted by molar-refractivity contribution is -0.597. The van der Waals surface area contributed by atoms with Gasteiger partial charge in [-0.15, -0.1) is 0 Å². The Labute approximate surface area is 310 Å². The van der Waals surface area contributed by atoms with E-state index in [4.69, 9.17) is 0 Å². The van der Waals surface area contributed by atoms with E-state index < -0.39 is 0 Å². The van der Waals surface area contributed by atoms with Crippen molar-refractivity contribution in [1.29, 1.82) is 0 Å². The van der Waals surface area contributed by atoms with Crippen LogP contribution in [0.15, 0.2) is 103 Å². The van der Waals surface area contributed by atoms with Crippen molar-refractivity contribution >= 4 is 22.2 Å². The molecule has 0 unspecified atom stereocenters. The fourth-order valence-corrected chi connectivity index (χ4v) is 9.32. The minimum Gasteiger partial charge on any atom is -0.157 e. The second-order valence-corrected chi connectivity index (χ2v) is 19.2. The second-order valence-electron chi connectivity index (χ2n) is 19.2. The maximum Gasteiger partial charge on any atom is 0.287 e. The van der Waals surface area contributed by atoms with Crippen molar-refractivity contribution < 1.29 is 9.13 Å². The summed E-state index contributed by atoms with van der Waals surface area (Å²) in [6.07, 6.45) is 5.65. The van der Waals surface area contributed by atoms with Gasteiger partial charge in [-0.2, -0.15) is 9.13 Å². The maximum atomic E-state index is 2.54. The molecule has 0 amide bonds. The molecule has 6 aromatic rings. The number of nitrogens with zero attached hydrogens (tertiary/aromatic N) is 2. The summed E-state index contributed by atoms with van der Waals surface area (Å²) in [6, 6.07) is 35.2. The van der Waals surface area contributed by atoms with Crippen molar-refractivity contribution in [2.24, 2.45) is 0 Å². The van der Waals surface area contributed by atoms with Gasteiger partial charge < -0.3 is 0 Å². The van der Waals surface area contributed by atoms with Gasteiger partial charge in [0.05, 0.1) is 23.1 Å². The van der Waals surface area contributed by atoms with E-state index in [-0.39, 0.29) is 21.7 Å². The van der Waals surface area contributed by atoms with Crippen molar-refractivity contribution in [3.8, 4) is 33.6 Å². The van der Waals surface area contributed by atoms with Crippen LogP contribution < -0.4 is 9.13 Å². The molecule has 1 aliphatic carbocycles. The Morgan fingerprint density at radius 1 is 0.538 bits per heavy atom. The first kappa shape index (κ1) is 33.0. The third-order valence-electron chi connectivity index (χ3n) is 12.2. The normalized spacial score (nSPS) is 17.0. The highest BCUT2D eigenvalue weighted by Crippen LogP contribution is 2.57. The molecule has 4 heterocycles. The first-order chi connectivity index (χ1) is 24.4. The largest absolute Gasteiger partial charge is 0.287 e. The molecule has 0 N–H and O–H groups in total. The van der Waals surface area contributed by atoms with Crippen LogP contribution in [-0.4, -0.2) is 0 Å². The van der Waals surface area contributed by atoms with Gasteiger partial charge in [-0.1, -0.05) is 131 Å². The van der Waals surface area contributed by atoms with Crippen LogP contribution in [0.25, 0.3) is 55.8 Å². The van der Waals surface area contributed by atoms with Gasteiger partial charge in [0.25, 0.3) is 11.4 Å². The van der Waals surface area contributed by atoms with E-state index in [0.717, 1.165) is 6.42 Å². The minimum absolute atomic E-state index is 0.0216. The van der Waals surface area contributed by atoms with Gasteiger partial charge in [-0.05, 0) is 84.2 Å². The van der Waals surface area contributed by atoms with E-state index in [2.05, 4.69) is 189 Å². The zero-order valence-electron chi connectivity index (χ0n) is 32.9. The first-order valence-electron chi connectivity index (χ1n) is 19.2. The van der Waals surface area contributed by atoms with Crippen LogP contribution in [-0.2, 0) is 28.1 Å². The number of allylic oxidation sites excluding steroid dienone is 1. The van der Waals surface area contributed by atoms with Crippen molar-refractivity contribution in [2.75, 3.05) is 0 Å². The maximum absolute atomic E-state index is 2.54. The molecule has 0 fully saturated rings. The van der Waals surface area contributed by atoms with Crippen LogP contribution in [0.5, 0.6) is 0 Å². The highest BCUT2D eigenvalue weighted by atomic mass is 15.1. The summed E-state index contributed by atoms with van der Waals surface area (Å²) >= 11 is 0. The average Bonchev–Trinajstić information content (AvgIpc) is 3.54. The lowest BCUT2D eigenvalue weighted by atomic mass is 9.77. The standard InChI is InChI=1S/C50H52N2/c1-47(2,3)32-17-20-35-31(26-32)27-42(52-29-34(49(7,8)9)18-23-40(35)52)46-39-22-21-38-37-19-16-30-14-12-13-15-36(30)44(37)50(10,11)45(38)43(39)41-28-33(48(4,5)6)24-25-51(41)46/h12-26,28-29H,27H2,1-11H3/q+2/b46-42+. The molecule has 3 aliphatic rings. The molecule has 4 aromatic carbocycles. The van der Waals surface area contributed by atoms with Crippen LogP contribution in [0.4, 0.5) is 0 Å². The molecule has 0 radical (unpaired) electrons. The van der Waals surface area contributed by atoms with Crippen molar-refractivity contribution in [1.82, 2.24) is 0 Å². The summed E-state index contributed by atoms with van der Waals surface area (Å²) in [7, 11) is 0. The van der Waals surface area contributed by atoms with Crippen molar-refractivity contribution in [3.63, 3.8) is 0 Å². The predicted molar refractivity (Wildman–Crippen MR) is 218 cm³/mol. The molecule has 52 heavy (non-hydrogen) atoms. The Morgan fingerprint density at radius 2 is 1.15 bits per heavy atom. The Kier molecular flexibility index (Phi) is 6.75. The zero-order valence-corrected chi connectivity index (χ0v) is 32.9. The topological polar surface area (TPSA) is 7.76 Å². The van der Waals surface area contributed by atoms with E-state index >= 15 is 0 Å². The number of hydrogen-bond donors (Lipinski definition) is 0. The number of rotatable bonds is 0. The Balaban J connectivity index is 1.39. The van der Waals surface area contributed by atoms with Crippen LogP contribution >= 0.6 is 0 Å². The highest BCUT2D eigenvalue weighted by molar-refractivity contribution is 6.02. The molecular weight excluding hydrogens is 629 g/mol. The fraction of sp³-hybridized carbons (Fsp3) is 0.320. The van der Waals surface area contributed by atoms with Gasteiger partial charge in [0.1, 0.15) is 0 Å². The monoisotopic (exact) mass is 680 g/mol. The molecule has 2 nitrogen and oxygen atoms in total. The summed E-state index contributed by atoms with van der Waals surface area (Å²) in [5, 5.41) is 2.67. The number of aromatic nitrogens is 2. The Hall–Kier alpha value is -4.82. The summed E-state index contributed by atoms with van der Waals surface area (Å²) in [5.74, 6) is 0. The number of benzene rings is 4. The summed E-state index contributed by atoms with van der Waals surface area (Å²) in [6.45, 7) is 25.9. The molecule has 2 heteroatoms. The van der Waals surface area contributed by atoms with Crippen LogP contribution in [0.2, 0.25) is 0 Å². The zero-order chi connectivity index (χ0) is 36.7. The van der Waals surface area contributed by atoms with Crippen LogP contribution in [0.1, 0.15) is 115 Å². The Bertz CT molecular complexity index is 2550. The van der Waals surface area contributed by atoms with Gasteiger partial charge in [0, 0.05) is 29.2 Å². The average molecular weight is 681 g/mol. The quantitative estimate of drug-likeness (QED) is 0.141. The highest BCUT2D eigenvalue weighted by Gasteiger charge is 2.49. The van der Waals surface area contributed by atoms with Gasteiger partial charge in [0.15, 0.2) is 12.4 Å². The Morgan fingerprint density at radius 3 is 1.88 bits per heavy atom. The smallest absolute Gasteiger partial charge is 0.157 e. The number of pyridine rings is 2. The van der Waals surface area contributed by atoms with Gasteiger partial charge >= 0.3 is 0 Å². The van der Waals surface area contributed by atoms with Crippen LogP contribution in [0.3, 0.4) is 0 Å². The van der Waals surface area contributed by atoms with E-state index in [1.54, 1.807) is 0 Å². The SMILES string of the molecule is CC(C)(C)c1ccc2c(c1)C/C(=C1/c3ccc4c(c3-c3cc(C(C)(C)C)cc[n+]31)C(C)(C)c1c-4ccc3ccccc13)[n+]1cc(C(C)(C)C)ccc1-2. The minimum atomic E-state index is -0.183. The third-order valence-corrected chi connectivity index (χ3v) is 12.2. The lowest BCUT2D eigenvalue weighted by Crippen LogP contribution is -2.45. The molecule has 0 bridgehead atoms. The van der Waals surface area contributed by atoms with E-state index in [9.17, 15) is 0 Å². The first-order valence-corrected chi connectivity index (χ1v) is 19.2. The fourth-order valence-electron chi connectivity index (χ4n) is 9.32. The molecule has 0 saturated carbocycles. The molecule has 0 spiro atoms. The summed E-state index contributed by atoms with van der Waals surface area (Å²) in [4.78, 5) is 0. The third kappa shape index (κ3) is 4.69. The van der Waals surface area contributed by atoms with Crippen LogP contribution in [0, 0.1) is 0 Å². The molecule has 2 aliphatic heterocycles. The van der Waals surface area contributed by atoms with Gasteiger partial charge in [0.2, 0.25) is 11.4 Å². The molecule has 0 atom stereocenters. The predicted octanol–water partition coefficient (Wildman–Crippen LogP) is 11.7. The second kappa shape index (κ2) is 10.6. The number of fused-ring (bicyclic) bond motifs is 12. The lowest BCUT2D eigenvalue weighted by Gasteiger charge is -2.25. The molecule has 2 aromatic heterocycles. The van der Waals surface area contributed by atoms with Crippen molar-refractivity contribution in [3.05, 3.63) is 142 Å². The summed E-state index contributed by atoms with van der Waals surface area (Å²) < 4.78 is 5.07. The molecule has 9 rings (SSSR count). The summed E-state index contributed by atoms with van der Waals surface area (Å²) in [5.41, 5.74) is 20.3. The van der Waals surface area contributed by atoms with E-state index in [1.807, 2.05) is 0 Å². The molecule has 0 saturated heterocycles. The number of hydrogen-bond acceptors (Lipinski definition) is 0. The van der Waals surface area contributed by atoms with E-state index in [1.165, 1.54) is 94.8 Å². The van der Waals surface area contributed by atoms with Crippen molar-refractivity contribution in [2.45, 2.75) is 104 Å². The molecule has 260 valence electrons.